The molecule has 0 saturated carbocycles. The molecule has 1 saturated heterocycles. The lowest BCUT2D eigenvalue weighted by Gasteiger charge is -2.41. The van der Waals surface area contributed by atoms with Crippen molar-refractivity contribution in [2.75, 3.05) is 36.4 Å². The molecule has 1 N–H and O–H groups in total. The number of pyridine rings is 1. The number of rotatable bonds is 4. The molecule has 2 aliphatic heterocycles. The van der Waals surface area contributed by atoms with Gasteiger partial charge in [0.1, 0.15) is 5.82 Å². The van der Waals surface area contributed by atoms with Gasteiger partial charge in [-0.05, 0) is 74.6 Å². The maximum atomic E-state index is 14.4. The van der Waals surface area contributed by atoms with Crippen LogP contribution in [-0.4, -0.2) is 48.0 Å². The number of benzene rings is 2. The monoisotopic (exact) mass is 446 g/mol. The van der Waals surface area contributed by atoms with Crippen LogP contribution in [0.2, 0.25) is 0 Å². The van der Waals surface area contributed by atoms with E-state index in [1.165, 1.54) is 22.8 Å². The van der Waals surface area contributed by atoms with Crippen molar-refractivity contribution < 1.29 is 9.18 Å². The summed E-state index contributed by atoms with van der Waals surface area (Å²) in [4.78, 5) is 21.1. The van der Waals surface area contributed by atoms with E-state index in [9.17, 15) is 9.18 Å². The zero-order valence-corrected chi connectivity index (χ0v) is 19.6. The summed E-state index contributed by atoms with van der Waals surface area (Å²) in [7, 11) is 0. The molecule has 5 rings (SSSR count). The Balaban J connectivity index is 1.30. The number of amides is 1. The molecule has 0 bridgehead atoms. The van der Waals surface area contributed by atoms with Gasteiger partial charge >= 0.3 is 0 Å². The molecule has 1 atom stereocenters. The minimum Gasteiger partial charge on any atom is -0.368 e. The molecule has 0 aliphatic carbocycles. The highest BCUT2D eigenvalue weighted by molar-refractivity contribution is 5.94. The van der Waals surface area contributed by atoms with E-state index < -0.39 is 0 Å². The molecule has 2 aromatic carbocycles. The van der Waals surface area contributed by atoms with Gasteiger partial charge in [-0.3, -0.25) is 14.7 Å². The summed E-state index contributed by atoms with van der Waals surface area (Å²) in [6.07, 6.45) is 2.36. The van der Waals surface area contributed by atoms with Crippen molar-refractivity contribution in [2.24, 2.45) is 0 Å². The fraction of sp³-hybridized carbons (Fsp3) is 0.407. The van der Waals surface area contributed by atoms with Gasteiger partial charge in [-0.1, -0.05) is 6.07 Å². The topological polar surface area (TPSA) is 48.5 Å². The number of hydrogen-bond acceptors (Lipinski definition) is 4. The largest absolute Gasteiger partial charge is 0.368 e. The normalized spacial score (nSPS) is 19.0. The molecule has 3 aromatic rings. The van der Waals surface area contributed by atoms with Crippen molar-refractivity contribution in [1.29, 1.82) is 0 Å². The Morgan fingerprint density at radius 2 is 1.97 bits per heavy atom. The van der Waals surface area contributed by atoms with Crippen LogP contribution in [0.4, 0.5) is 15.8 Å². The maximum Gasteiger partial charge on any atom is 0.224 e. The molecule has 1 amide bonds. The van der Waals surface area contributed by atoms with Crippen molar-refractivity contribution >= 4 is 28.2 Å². The first-order valence-electron chi connectivity index (χ1n) is 11.9. The summed E-state index contributed by atoms with van der Waals surface area (Å²) in [5, 5.41) is 4.04. The van der Waals surface area contributed by atoms with Crippen LogP contribution in [0.3, 0.4) is 0 Å². The lowest BCUT2D eigenvalue weighted by molar-refractivity contribution is -0.116. The molecule has 2 aliphatic rings. The van der Waals surface area contributed by atoms with E-state index in [1.807, 2.05) is 19.1 Å². The molecule has 1 fully saturated rings. The highest BCUT2D eigenvalue weighted by atomic mass is 19.1. The number of nitrogens with zero attached hydrogens (tertiary/aromatic N) is 3. The smallest absolute Gasteiger partial charge is 0.224 e. The van der Waals surface area contributed by atoms with E-state index in [1.54, 1.807) is 6.07 Å². The SMILES string of the molecule is Cc1ccc2c(N3CCN(CCc4c(C)ccc5c4CCC(=O)N5)[C@@H](C)C3)cc(F)cc2n1. The second-order valence-corrected chi connectivity index (χ2v) is 9.46. The highest BCUT2D eigenvalue weighted by Gasteiger charge is 2.26. The Morgan fingerprint density at radius 1 is 1.12 bits per heavy atom. The summed E-state index contributed by atoms with van der Waals surface area (Å²) < 4.78 is 14.4. The number of carbonyl (C=O) groups excluding carboxylic acids is 1. The average Bonchev–Trinajstić information content (AvgIpc) is 2.78. The fourth-order valence-electron chi connectivity index (χ4n) is 5.36. The Labute approximate surface area is 194 Å². The summed E-state index contributed by atoms with van der Waals surface area (Å²) in [6.45, 7) is 9.98. The Bertz CT molecular complexity index is 1220. The molecule has 3 heterocycles. The van der Waals surface area contributed by atoms with E-state index >= 15 is 0 Å². The van der Waals surface area contributed by atoms with Crippen molar-refractivity contribution in [3.8, 4) is 0 Å². The van der Waals surface area contributed by atoms with E-state index in [0.717, 1.165) is 67.0 Å². The van der Waals surface area contributed by atoms with Crippen LogP contribution in [0.25, 0.3) is 10.9 Å². The van der Waals surface area contributed by atoms with Gasteiger partial charge in [0.25, 0.3) is 0 Å². The Kier molecular flexibility index (Phi) is 5.79. The average molecular weight is 447 g/mol. The first-order chi connectivity index (χ1) is 15.9. The van der Waals surface area contributed by atoms with Crippen molar-refractivity contribution in [3.05, 3.63) is 64.6 Å². The zero-order chi connectivity index (χ0) is 23.1. The van der Waals surface area contributed by atoms with Crippen LogP contribution in [0.5, 0.6) is 0 Å². The van der Waals surface area contributed by atoms with Gasteiger partial charge in [0.2, 0.25) is 5.91 Å². The fourth-order valence-corrected chi connectivity index (χ4v) is 5.36. The minimum atomic E-state index is -0.234. The predicted octanol–water partition coefficient (Wildman–Crippen LogP) is 4.63. The second kappa shape index (κ2) is 8.75. The molecule has 0 spiro atoms. The van der Waals surface area contributed by atoms with E-state index in [2.05, 4.69) is 46.1 Å². The van der Waals surface area contributed by atoms with Gasteiger partial charge in [-0.25, -0.2) is 4.39 Å². The summed E-state index contributed by atoms with van der Waals surface area (Å²) >= 11 is 0. The molecule has 0 radical (unpaired) electrons. The van der Waals surface area contributed by atoms with Crippen LogP contribution < -0.4 is 10.2 Å². The molecule has 6 heteroatoms. The van der Waals surface area contributed by atoms with Crippen LogP contribution in [0.15, 0.2) is 36.4 Å². The summed E-state index contributed by atoms with van der Waals surface area (Å²) in [6, 6.07) is 11.7. The summed E-state index contributed by atoms with van der Waals surface area (Å²) in [5.74, 6) is -0.126. The van der Waals surface area contributed by atoms with Crippen LogP contribution in [0.1, 0.15) is 35.7 Å². The van der Waals surface area contributed by atoms with Gasteiger partial charge < -0.3 is 10.2 Å². The van der Waals surface area contributed by atoms with Gasteiger partial charge in [0, 0.05) is 67.2 Å². The van der Waals surface area contributed by atoms with Crippen LogP contribution in [-0.2, 0) is 17.6 Å². The molecule has 5 nitrogen and oxygen atoms in total. The number of hydrogen-bond donors (Lipinski definition) is 1. The quantitative estimate of drug-likeness (QED) is 0.635. The number of halogens is 1. The van der Waals surface area contributed by atoms with Crippen molar-refractivity contribution in [2.45, 2.75) is 46.1 Å². The number of nitrogens with one attached hydrogen (secondary N) is 1. The predicted molar refractivity (Wildman–Crippen MR) is 132 cm³/mol. The Morgan fingerprint density at radius 3 is 2.79 bits per heavy atom. The molecule has 0 unspecified atom stereocenters. The van der Waals surface area contributed by atoms with Gasteiger partial charge in [-0.15, -0.1) is 0 Å². The number of aromatic nitrogens is 1. The molecule has 1 aromatic heterocycles. The summed E-state index contributed by atoms with van der Waals surface area (Å²) in [5.41, 5.74) is 7.51. The van der Waals surface area contributed by atoms with E-state index in [0.29, 0.717) is 12.5 Å². The van der Waals surface area contributed by atoms with E-state index in [-0.39, 0.29) is 11.7 Å². The first-order valence-corrected chi connectivity index (χ1v) is 11.9. The lowest BCUT2D eigenvalue weighted by atomic mass is 9.91. The third-order valence-corrected chi connectivity index (χ3v) is 7.19. The van der Waals surface area contributed by atoms with E-state index in [4.69, 9.17) is 0 Å². The zero-order valence-electron chi connectivity index (χ0n) is 19.6. The molecule has 172 valence electrons. The first kappa shape index (κ1) is 21.8. The molecular weight excluding hydrogens is 415 g/mol. The van der Waals surface area contributed by atoms with Gasteiger partial charge in [-0.2, -0.15) is 0 Å². The minimum absolute atomic E-state index is 0.109. The van der Waals surface area contributed by atoms with Gasteiger partial charge in [0.15, 0.2) is 0 Å². The highest BCUT2D eigenvalue weighted by Crippen LogP contribution is 2.31. The van der Waals surface area contributed by atoms with Gasteiger partial charge in [0.05, 0.1) is 5.52 Å². The third kappa shape index (κ3) is 4.32. The standard InChI is InChI=1S/C27H31FN4O/c1-17-4-8-24-22(7-9-27(33)30-24)21(17)10-11-31-12-13-32(16-19(31)3)26-15-20(28)14-25-23(26)6-5-18(2)29-25/h4-6,8,14-15,19H,7,9-13,16H2,1-3H3,(H,30,33)/t19-/m0/s1. The number of fused-ring (bicyclic) bond motifs is 2. The van der Waals surface area contributed by atoms with Crippen molar-refractivity contribution in [3.63, 3.8) is 0 Å². The number of piperazine rings is 1. The van der Waals surface area contributed by atoms with Crippen LogP contribution in [0, 0.1) is 19.7 Å². The number of carbonyl (C=O) groups is 1. The molecule has 33 heavy (non-hydrogen) atoms. The Hall–Kier alpha value is -2.99. The lowest BCUT2D eigenvalue weighted by Crippen LogP contribution is -2.52. The van der Waals surface area contributed by atoms with Crippen LogP contribution >= 0.6 is 0 Å². The third-order valence-electron chi connectivity index (χ3n) is 7.19. The number of aryl methyl sites for hydroxylation is 2. The molecular formula is C27H31FN4O. The number of anilines is 2. The maximum absolute atomic E-state index is 14.4. The second-order valence-electron chi connectivity index (χ2n) is 9.46. The van der Waals surface area contributed by atoms with Crippen molar-refractivity contribution in [1.82, 2.24) is 9.88 Å².